The molecule has 2 N–H and O–H groups in total. The van der Waals surface area contributed by atoms with Gasteiger partial charge >= 0.3 is 0 Å². The third kappa shape index (κ3) is 3.30. The van der Waals surface area contributed by atoms with E-state index in [0.29, 0.717) is 6.47 Å². The molecule has 13 heavy (non-hydrogen) atoms. The van der Waals surface area contributed by atoms with E-state index in [4.69, 9.17) is 9.88 Å². The lowest BCUT2D eigenvalue weighted by atomic mass is 10.2. The second-order valence-corrected chi connectivity index (χ2v) is 4.14. The maximum atomic E-state index is 10.2. The van der Waals surface area contributed by atoms with Gasteiger partial charge in [-0.05, 0) is 21.8 Å². The largest absolute Gasteiger partial charge is 0.448 e. The highest BCUT2D eigenvalue weighted by Crippen LogP contribution is 2.34. The van der Waals surface area contributed by atoms with Crippen LogP contribution in [0.15, 0.2) is 30.3 Å². The molecule has 0 bridgehead atoms. The molecule has 1 aromatic carbocycles. The second kappa shape index (κ2) is 5.90. The van der Waals surface area contributed by atoms with Gasteiger partial charge in [-0.15, -0.1) is 0 Å². The van der Waals surface area contributed by atoms with Crippen LogP contribution in [0, 0.1) is 0 Å². The number of rotatable bonds is 5. The molecular weight excluding hydrogens is 206 g/mol. The lowest BCUT2D eigenvalue weighted by Gasteiger charge is -2.12. The van der Waals surface area contributed by atoms with Crippen LogP contribution in [-0.2, 0) is 9.53 Å². The van der Waals surface area contributed by atoms with Crippen LogP contribution in [0.25, 0.3) is 0 Å². The monoisotopic (exact) mass is 215 g/mol. The number of carbonyl (C=O) groups excluding carboxylic acids is 1. The van der Waals surface area contributed by atoms with Gasteiger partial charge in [0.15, 0.2) is 5.44 Å². The molecule has 5 heteroatoms. The highest BCUT2D eigenvalue weighted by Gasteiger charge is 2.11. The molecule has 0 amide bonds. The molecule has 1 aromatic rings. The lowest BCUT2D eigenvalue weighted by Crippen LogP contribution is -1.97. The Bertz CT molecular complexity index is 256. The molecule has 0 spiro atoms. The summed E-state index contributed by atoms with van der Waals surface area (Å²) in [6.07, 6.45) is 0. The van der Waals surface area contributed by atoms with Crippen molar-refractivity contribution < 1.29 is 9.53 Å². The van der Waals surface area contributed by atoms with Gasteiger partial charge in [0.05, 0.1) is 0 Å². The SMILES string of the molecule is NSSC(OC=O)c1ccccc1. The van der Waals surface area contributed by atoms with Crippen LogP contribution in [0.2, 0.25) is 0 Å². The highest BCUT2D eigenvalue weighted by atomic mass is 33.1. The topological polar surface area (TPSA) is 52.3 Å². The van der Waals surface area contributed by atoms with Crippen molar-refractivity contribution in [2.45, 2.75) is 5.44 Å². The standard InChI is InChI=1S/C8H9NO2S2/c9-13-12-8(11-6-10)7-4-2-1-3-5-7/h1-6,8H,9H2. The van der Waals surface area contributed by atoms with Crippen molar-refractivity contribution in [3.63, 3.8) is 0 Å². The first-order chi connectivity index (χ1) is 6.38. The molecule has 0 aliphatic heterocycles. The number of carbonyl (C=O) groups is 1. The van der Waals surface area contributed by atoms with Gasteiger partial charge in [-0.25, -0.2) is 0 Å². The first kappa shape index (κ1) is 10.4. The van der Waals surface area contributed by atoms with Crippen LogP contribution in [0.5, 0.6) is 0 Å². The molecule has 1 rings (SSSR count). The Morgan fingerprint density at radius 1 is 1.38 bits per heavy atom. The summed E-state index contributed by atoms with van der Waals surface area (Å²) < 4.78 is 4.85. The van der Waals surface area contributed by atoms with Crippen LogP contribution in [0.1, 0.15) is 11.0 Å². The molecule has 0 radical (unpaired) electrons. The third-order valence-corrected chi connectivity index (χ3v) is 2.92. The Morgan fingerprint density at radius 2 is 2.08 bits per heavy atom. The summed E-state index contributed by atoms with van der Waals surface area (Å²) in [6.45, 7) is 0.431. The van der Waals surface area contributed by atoms with E-state index < -0.39 is 0 Å². The van der Waals surface area contributed by atoms with Gasteiger partial charge in [0.1, 0.15) is 0 Å². The molecule has 0 heterocycles. The molecule has 0 aliphatic rings. The summed E-state index contributed by atoms with van der Waals surface area (Å²) in [4.78, 5) is 10.2. The second-order valence-electron chi connectivity index (χ2n) is 2.17. The van der Waals surface area contributed by atoms with Crippen molar-refractivity contribution in [1.82, 2.24) is 0 Å². The molecular formula is C8H9NO2S2. The predicted molar refractivity (Wildman–Crippen MR) is 55.7 cm³/mol. The maximum Gasteiger partial charge on any atom is 0.294 e. The van der Waals surface area contributed by atoms with Crippen LogP contribution >= 0.6 is 21.8 Å². The molecule has 0 aliphatic carbocycles. The van der Waals surface area contributed by atoms with E-state index in [0.717, 1.165) is 16.5 Å². The van der Waals surface area contributed by atoms with Gasteiger partial charge in [0.25, 0.3) is 6.47 Å². The Hall–Kier alpha value is -0.650. The van der Waals surface area contributed by atoms with E-state index in [1.54, 1.807) is 0 Å². The molecule has 0 saturated carbocycles. The first-order valence-corrected chi connectivity index (χ1v) is 5.82. The quantitative estimate of drug-likeness (QED) is 0.353. The first-order valence-electron chi connectivity index (χ1n) is 3.54. The number of ether oxygens (including phenoxy) is 1. The van der Waals surface area contributed by atoms with Gasteiger partial charge < -0.3 is 4.74 Å². The fourth-order valence-corrected chi connectivity index (χ4v) is 2.10. The fraction of sp³-hybridized carbons (Fsp3) is 0.125. The summed E-state index contributed by atoms with van der Waals surface area (Å²) in [5, 5.41) is 5.28. The molecule has 0 saturated heterocycles. The number of nitrogens with two attached hydrogens (primary N) is 1. The van der Waals surface area contributed by atoms with E-state index in [1.165, 1.54) is 10.8 Å². The van der Waals surface area contributed by atoms with Crippen molar-refractivity contribution in [1.29, 1.82) is 0 Å². The van der Waals surface area contributed by atoms with Crippen LogP contribution in [0.4, 0.5) is 0 Å². The molecule has 1 unspecified atom stereocenters. The minimum atomic E-state index is -0.325. The van der Waals surface area contributed by atoms with Crippen molar-refractivity contribution in [2.75, 3.05) is 0 Å². The maximum absolute atomic E-state index is 10.2. The smallest absolute Gasteiger partial charge is 0.294 e. The molecule has 3 nitrogen and oxygen atoms in total. The Balaban J connectivity index is 2.69. The van der Waals surface area contributed by atoms with Crippen LogP contribution < -0.4 is 5.14 Å². The number of hydrogen-bond acceptors (Lipinski definition) is 5. The van der Waals surface area contributed by atoms with Gasteiger partial charge in [-0.3, -0.25) is 9.93 Å². The van der Waals surface area contributed by atoms with Gasteiger partial charge in [-0.1, -0.05) is 30.3 Å². The summed E-state index contributed by atoms with van der Waals surface area (Å²) >= 11 is 0. The summed E-state index contributed by atoms with van der Waals surface area (Å²) in [5.74, 6) is 0. The summed E-state index contributed by atoms with van der Waals surface area (Å²) in [6, 6.07) is 9.45. The predicted octanol–water partition coefficient (Wildman–Crippen LogP) is 2.11. The zero-order valence-corrected chi connectivity index (χ0v) is 8.38. The fourth-order valence-electron chi connectivity index (χ4n) is 0.868. The van der Waals surface area contributed by atoms with Crippen molar-refractivity contribution in [3.05, 3.63) is 35.9 Å². The zero-order valence-electron chi connectivity index (χ0n) is 6.75. The Morgan fingerprint density at radius 3 is 2.62 bits per heavy atom. The van der Waals surface area contributed by atoms with Crippen molar-refractivity contribution >= 4 is 28.2 Å². The average Bonchev–Trinajstić information content (AvgIpc) is 2.19. The third-order valence-electron chi connectivity index (χ3n) is 1.39. The van der Waals surface area contributed by atoms with E-state index in [9.17, 15) is 4.79 Å². The Kier molecular flexibility index (Phi) is 4.74. The zero-order chi connectivity index (χ0) is 9.52. The molecule has 0 aromatic heterocycles. The summed E-state index contributed by atoms with van der Waals surface area (Å²) in [5.41, 5.74) is 0.603. The van der Waals surface area contributed by atoms with Gasteiger partial charge in [-0.2, -0.15) is 0 Å². The number of hydrogen-bond donors (Lipinski definition) is 1. The van der Waals surface area contributed by atoms with E-state index in [-0.39, 0.29) is 5.44 Å². The average molecular weight is 215 g/mol. The molecule has 0 fully saturated rings. The lowest BCUT2D eigenvalue weighted by molar-refractivity contribution is -0.130. The normalized spacial score (nSPS) is 12.1. The van der Waals surface area contributed by atoms with Gasteiger partial charge in [0.2, 0.25) is 0 Å². The minimum Gasteiger partial charge on any atom is -0.448 e. The van der Waals surface area contributed by atoms with Crippen LogP contribution in [-0.4, -0.2) is 6.47 Å². The Labute approximate surface area is 84.6 Å². The van der Waals surface area contributed by atoms with Gasteiger partial charge in [0, 0.05) is 5.56 Å². The van der Waals surface area contributed by atoms with Crippen LogP contribution in [0.3, 0.4) is 0 Å². The molecule has 70 valence electrons. The highest BCUT2D eigenvalue weighted by molar-refractivity contribution is 8.75. The van der Waals surface area contributed by atoms with E-state index >= 15 is 0 Å². The van der Waals surface area contributed by atoms with Crippen molar-refractivity contribution in [3.8, 4) is 0 Å². The summed E-state index contributed by atoms with van der Waals surface area (Å²) in [7, 11) is 2.37. The minimum absolute atomic E-state index is 0.325. The molecule has 1 atom stereocenters. The van der Waals surface area contributed by atoms with E-state index in [2.05, 4.69) is 0 Å². The van der Waals surface area contributed by atoms with E-state index in [1.807, 2.05) is 30.3 Å². The number of benzene rings is 1. The van der Waals surface area contributed by atoms with Crippen molar-refractivity contribution in [2.24, 2.45) is 5.14 Å².